The van der Waals surface area contributed by atoms with Crippen LogP contribution in [0.15, 0.2) is 12.1 Å². The van der Waals surface area contributed by atoms with Gasteiger partial charge in [-0.15, -0.1) is 0 Å². The Balaban J connectivity index is 1.65. The first-order valence-electron chi connectivity index (χ1n) is 6.89. The van der Waals surface area contributed by atoms with Crippen molar-refractivity contribution in [2.75, 3.05) is 6.61 Å². The molecule has 5 heteroatoms. The third-order valence-corrected chi connectivity index (χ3v) is 4.48. The Kier molecular flexibility index (Phi) is 2.56. The lowest BCUT2D eigenvalue weighted by atomic mass is 9.90. The van der Waals surface area contributed by atoms with Gasteiger partial charge in [-0.25, -0.2) is 4.79 Å². The van der Waals surface area contributed by atoms with E-state index in [2.05, 4.69) is 0 Å². The van der Waals surface area contributed by atoms with E-state index in [0.717, 1.165) is 23.3 Å². The summed E-state index contributed by atoms with van der Waals surface area (Å²) in [6, 6.07) is 4.01. The van der Waals surface area contributed by atoms with Crippen molar-refractivity contribution in [3.8, 4) is 5.75 Å². The van der Waals surface area contributed by atoms with Gasteiger partial charge in [0.1, 0.15) is 18.5 Å². The highest BCUT2D eigenvalue weighted by molar-refractivity contribution is 5.68. The van der Waals surface area contributed by atoms with Crippen LogP contribution >= 0.6 is 0 Å². The number of rotatable bonds is 4. The molecule has 1 aromatic carbocycles. The Morgan fingerprint density at radius 2 is 2.30 bits per heavy atom. The molecule has 2 fully saturated rings. The van der Waals surface area contributed by atoms with Gasteiger partial charge < -0.3 is 19.3 Å². The molecule has 1 saturated heterocycles. The summed E-state index contributed by atoms with van der Waals surface area (Å²) in [6.07, 6.45) is 1.81. The molecule has 3 aliphatic rings. The average molecular weight is 276 g/mol. The number of aryl methyl sites for hydroxylation is 1. The lowest BCUT2D eigenvalue weighted by Gasteiger charge is -2.15. The third-order valence-electron chi connectivity index (χ3n) is 4.48. The van der Waals surface area contributed by atoms with Crippen molar-refractivity contribution in [2.24, 2.45) is 0 Å². The molecular weight excluding hydrogens is 260 g/mol. The predicted molar refractivity (Wildman–Crippen MR) is 68.9 cm³/mol. The molecule has 0 amide bonds. The van der Waals surface area contributed by atoms with E-state index in [-0.39, 0.29) is 18.8 Å². The highest BCUT2D eigenvalue weighted by Crippen LogP contribution is 2.56. The van der Waals surface area contributed by atoms with Gasteiger partial charge in [0, 0.05) is 12.0 Å². The van der Waals surface area contributed by atoms with Crippen LogP contribution in [0.2, 0.25) is 0 Å². The van der Waals surface area contributed by atoms with Gasteiger partial charge in [-0.2, -0.15) is 0 Å². The molecule has 1 N–H and O–H groups in total. The first kappa shape index (κ1) is 12.2. The molecule has 5 nitrogen and oxygen atoms in total. The molecule has 0 spiro atoms. The fourth-order valence-electron chi connectivity index (χ4n) is 3.54. The number of epoxide rings is 1. The summed E-state index contributed by atoms with van der Waals surface area (Å²) in [7, 11) is 0. The summed E-state index contributed by atoms with van der Waals surface area (Å²) < 4.78 is 16.9. The highest BCUT2D eigenvalue weighted by atomic mass is 16.6. The van der Waals surface area contributed by atoms with Crippen LogP contribution in [0.4, 0.5) is 0 Å². The van der Waals surface area contributed by atoms with Crippen molar-refractivity contribution in [3.63, 3.8) is 0 Å². The smallest absolute Gasteiger partial charge is 0.329 e. The van der Waals surface area contributed by atoms with Gasteiger partial charge >= 0.3 is 5.97 Å². The molecule has 20 heavy (non-hydrogen) atoms. The van der Waals surface area contributed by atoms with Crippen LogP contribution in [0.25, 0.3) is 0 Å². The van der Waals surface area contributed by atoms with Crippen LogP contribution < -0.4 is 4.74 Å². The summed E-state index contributed by atoms with van der Waals surface area (Å²) in [4.78, 5) is 10.6. The minimum Gasteiger partial charge on any atom is -0.489 e. The number of ether oxygens (including phenoxy) is 3. The molecule has 4 rings (SSSR count). The SMILES string of the molecule is Cc1ccc2c(c1COCC(=O)O)C1C(C[C@H]3O[C@@H]13)O2. The van der Waals surface area contributed by atoms with Crippen molar-refractivity contribution in [3.05, 3.63) is 28.8 Å². The summed E-state index contributed by atoms with van der Waals surface area (Å²) in [5, 5.41) is 8.68. The Morgan fingerprint density at radius 3 is 3.10 bits per heavy atom. The topological polar surface area (TPSA) is 68.3 Å². The van der Waals surface area contributed by atoms with Gasteiger partial charge in [0.05, 0.1) is 24.7 Å². The Hall–Kier alpha value is -1.59. The molecular formula is C15H16O5. The van der Waals surface area contributed by atoms with Crippen LogP contribution in [0.3, 0.4) is 0 Å². The lowest BCUT2D eigenvalue weighted by Crippen LogP contribution is -2.18. The van der Waals surface area contributed by atoms with Gasteiger partial charge in [0.2, 0.25) is 0 Å². The van der Waals surface area contributed by atoms with Gasteiger partial charge in [0.15, 0.2) is 0 Å². The van der Waals surface area contributed by atoms with Crippen molar-refractivity contribution >= 4 is 5.97 Å². The summed E-state index contributed by atoms with van der Waals surface area (Å²) >= 11 is 0. The van der Waals surface area contributed by atoms with Crippen molar-refractivity contribution < 1.29 is 24.1 Å². The summed E-state index contributed by atoms with van der Waals surface area (Å²) in [5.41, 5.74) is 3.35. The van der Waals surface area contributed by atoms with E-state index in [9.17, 15) is 4.79 Å². The Morgan fingerprint density at radius 1 is 1.45 bits per heavy atom. The zero-order valence-corrected chi connectivity index (χ0v) is 11.2. The normalized spacial score (nSPS) is 32.2. The van der Waals surface area contributed by atoms with E-state index < -0.39 is 5.97 Å². The second-order valence-corrected chi connectivity index (χ2v) is 5.72. The fourth-order valence-corrected chi connectivity index (χ4v) is 3.54. The van der Waals surface area contributed by atoms with Crippen molar-refractivity contribution in [2.45, 2.75) is 44.2 Å². The number of hydrogen-bond acceptors (Lipinski definition) is 4. The maximum absolute atomic E-state index is 10.6. The molecule has 2 aliphatic heterocycles. The van der Waals surface area contributed by atoms with E-state index >= 15 is 0 Å². The summed E-state index contributed by atoms with van der Waals surface area (Å²) in [5.74, 6) is 0.252. The molecule has 1 aliphatic carbocycles. The first-order valence-corrected chi connectivity index (χ1v) is 6.89. The summed E-state index contributed by atoms with van der Waals surface area (Å²) in [6.45, 7) is 2.05. The largest absolute Gasteiger partial charge is 0.489 e. The number of carbonyl (C=O) groups is 1. The van der Waals surface area contributed by atoms with Crippen molar-refractivity contribution in [1.82, 2.24) is 0 Å². The third kappa shape index (κ3) is 1.73. The van der Waals surface area contributed by atoms with E-state index in [1.807, 2.05) is 19.1 Å². The minimum atomic E-state index is -0.948. The second kappa shape index (κ2) is 4.20. The standard InChI is InChI=1S/C15H16O5/c1-7-2-3-9-13(8(7)5-18-6-12(16)17)14-10(19-9)4-11-15(14)20-11/h2-3,10-11,14-15H,4-6H2,1H3,(H,16,17)/t10?,11-,14?,15-/m1/s1. The monoisotopic (exact) mass is 276 g/mol. The Labute approximate surface area is 116 Å². The molecule has 1 saturated carbocycles. The molecule has 106 valence electrons. The molecule has 0 aromatic heterocycles. The number of fused-ring (bicyclic) bond motifs is 5. The van der Waals surface area contributed by atoms with Crippen LogP contribution in [-0.4, -0.2) is 36.0 Å². The van der Waals surface area contributed by atoms with Gasteiger partial charge in [-0.1, -0.05) is 6.07 Å². The molecule has 0 radical (unpaired) electrons. The second-order valence-electron chi connectivity index (χ2n) is 5.72. The Bertz CT molecular complexity index is 582. The number of hydrogen-bond donors (Lipinski definition) is 1. The number of benzene rings is 1. The zero-order chi connectivity index (χ0) is 13.9. The van der Waals surface area contributed by atoms with Gasteiger partial charge in [-0.05, 0) is 24.1 Å². The quantitative estimate of drug-likeness (QED) is 0.846. The maximum Gasteiger partial charge on any atom is 0.329 e. The fraction of sp³-hybridized carbons (Fsp3) is 0.533. The zero-order valence-electron chi connectivity index (χ0n) is 11.2. The minimum absolute atomic E-state index is 0.216. The first-order chi connectivity index (χ1) is 9.65. The van der Waals surface area contributed by atoms with E-state index in [0.29, 0.717) is 18.6 Å². The molecule has 1 aromatic rings. The molecule has 4 atom stereocenters. The van der Waals surface area contributed by atoms with Gasteiger partial charge in [0.25, 0.3) is 0 Å². The molecule has 2 unspecified atom stereocenters. The number of aliphatic carboxylic acids is 1. The van der Waals surface area contributed by atoms with Crippen LogP contribution in [0.5, 0.6) is 5.75 Å². The van der Waals surface area contributed by atoms with E-state index in [1.165, 1.54) is 5.56 Å². The van der Waals surface area contributed by atoms with Crippen LogP contribution in [0.1, 0.15) is 29.0 Å². The van der Waals surface area contributed by atoms with E-state index in [1.54, 1.807) is 0 Å². The predicted octanol–water partition coefficient (Wildman–Crippen LogP) is 1.61. The highest BCUT2D eigenvalue weighted by Gasteiger charge is 2.60. The molecule has 0 bridgehead atoms. The van der Waals surface area contributed by atoms with Gasteiger partial charge in [-0.3, -0.25) is 0 Å². The lowest BCUT2D eigenvalue weighted by molar-refractivity contribution is -0.142. The van der Waals surface area contributed by atoms with E-state index in [4.69, 9.17) is 19.3 Å². The maximum atomic E-state index is 10.6. The number of carboxylic acids is 1. The molecule has 2 heterocycles. The van der Waals surface area contributed by atoms with Crippen LogP contribution in [0, 0.1) is 6.92 Å². The average Bonchev–Trinajstić information content (AvgIpc) is 2.91. The number of carboxylic acid groups (broad SMARTS) is 1. The van der Waals surface area contributed by atoms with Crippen LogP contribution in [-0.2, 0) is 20.9 Å². The van der Waals surface area contributed by atoms with Crippen molar-refractivity contribution in [1.29, 1.82) is 0 Å².